The maximum absolute atomic E-state index is 13.3. The zero-order valence-corrected chi connectivity index (χ0v) is 20.9. The first-order valence-corrected chi connectivity index (χ1v) is 13.6. The van der Waals surface area contributed by atoms with E-state index in [1.807, 2.05) is 5.32 Å². The molecule has 0 radical (unpaired) electrons. The summed E-state index contributed by atoms with van der Waals surface area (Å²) in [4.78, 5) is 23.9. The number of nitrogens with one attached hydrogen (secondary N) is 2. The highest BCUT2D eigenvalue weighted by Crippen LogP contribution is 2.43. The molecule has 0 fully saturated rings. The van der Waals surface area contributed by atoms with Crippen LogP contribution in [-0.4, -0.2) is 45.3 Å². The fraction of sp³-hybridized carbons (Fsp3) is 0.522. The number of urea groups is 1. The lowest BCUT2D eigenvalue weighted by atomic mass is 9.96. The van der Waals surface area contributed by atoms with Gasteiger partial charge in [-0.3, -0.25) is 4.79 Å². The van der Waals surface area contributed by atoms with E-state index < -0.39 is 33.9 Å². The molecular weight excluding hydrogens is 513 g/mol. The Kier molecular flexibility index (Phi) is 6.42. The number of anilines is 1. The molecule has 200 valence electrons. The van der Waals surface area contributed by atoms with Crippen LogP contribution in [0.3, 0.4) is 0 Å². The first kappa shape index (κ1) is 25.5. The molecule has 0 saturated carbocycles. The molecule has 3 aliphatic rings. The van der Waals surface area contributed by atoms with Gasteiger partial charge in [-0.2, -0.15) is 18.3 Å². The van der Waals surface area contributed by atoms with Gasteiger partial charge in [0, 0.05) is 18.2 Å². The number of carbonyl (C=O) groups is 2. The fourth-order valence-corrected chi connectivity index (χ4v) is 6.28. The Balaban J connectivity index is 1.33. The van der Waals surface area contributed by atoms with Gasteiger partial charge in [0.1, 0.15) is 4.90 Å². The molecule has 0 spiro atoms. The number of halogens is 3. The third kappa shape index (κ3) is 4.91. The largest absolute Gasteiger partial charge is 0.476 e. The molecule has 0 bridgehead atoms. The van der Waals surface area contributed by atoms with Crippen molar-refractivity contribution in [1.82, 2.24) is 15.1 Å². The van der Waals surface area contributed by atoms with Gasteiger partial charge >= 0.3 is 18.1 Å². The number of benzene rings is 1. The fourth-order valence-electron chi connectivity index (χ4n) is 5.28. The van der Waals surface area contributed by atoms with Gasteiger partial charge in [-0.15, -0.1) is 4.36 Å². The maximum atomic E-state index is 13.3. The van der Waals surface area contributed by atoms with Gasteiger partial charge in [0.2, 0.25) is 5.88 Å². The van der Waals surface area contributed by atoms with E-state index in [1.54, 1.807) is 0 Å². The van der Waals surface area contributed by atoms with Crippen molar-refractivity contribution in [1.29, 1.82) is 0 Å². The number of nitrogens with zero attached hydrogens (tertiary/aromatic N) is 3. The van der Waals surface area contributed by atoms with Gasteiger partial charge in [-0.1, -0.05) is 13.0 Å². The number of nitrogens with two attached hydrogens (primary N) is 1. The van der Waals surface area contributed by atoms with Crippen molar-refractivity contribution in [2.75, 3.05) is 18.5 Å². The number of hydrogen-bond acceptors (Lipinski definition) is 5. The Morgan fingerprint density at radius 2 is 2.08 bits per heavy atom. The Morgan fingerprint density at radius 3 is 2.84 bits per heavy atom. The second kappa shape index (κ2) is 9.31. The highest BCUT2D eigenvalue weighted by molar-refractivity contribution is 7.91. The number of aryl methyl sites for hydroxylation is 1. The van der Waals surface area contributed by atoms with Crippen molar-refractivity contribution in [3.63, 3.8) is 0 Å². The molecule has 1 aliphatic heterocycles. The van der Waals surface area contributed by atoms with Crippen LogP contribution in [0, 0.1) is 5.92 Å². The van der Waals surface area contributed by atoms with Crippen LogP contribution in [0.4, 0.5) is 23.7 Å². The van der Waals surface area contributed by atoms with E-state index in [0.717, 1.165) is 48.9 Å². The monoisotopic (exact) mass is 540 g/mol. The van der Waals surface area contributed by atoms with Crippen molar-refractivity contribution >= 4 is 27.5 Å². The summed E-state index contributed by atoms with van der Waals surface area (Å²) in [5.74, 6) is -2.13. The third-order valence-electron chi connectivity index (χ3n) is 7.12. The first-order chi connectivity index (χ1) is 17.4. The van der Waals surface area contributed by atoms with Crippen LogP contribution in [0.15, 0.2) is 21.5 Å². The molecule has 3 amide bonds. The van der Waals surface area contributed by atoms with Gasteiger partial charge in [-0.05, 0) is 60.3 Å². The number of rotatable bonds is 4. The van der Waals surface area contributed by atoms with Crippen molar-refractivity contribution in [2.45, 2.75) is 62.6 Å². The second-order valence-electron chi connectivity index (χ2n) is 9.72. The van der Waals surface area contributed by atoms with E-state index >= 15 is 0 Å². The lowest BCUT2D eigenvalue weighted by molar-refractivity contribution is -0.173. The molecule has 2 heterocycles. The highest BCUT2D eigenvalue weighted by atomic mass is 32.2. The average Bonchev–Trinajstić information content (AvgIpc) is 3.55. The number of aromatic nitrogens is 2. The molecule has 5 rings (SSSR count). The molecule has 3 unspecified atom stereocenters. The van der Waals surface area contributed by atoms with E-state index in [9.17, 15) is 27.0 Å². The molecule has 2 aromatic rings. The molecule has 0 saturated heterocycles. The SMILES string of the molecule is CC1CCc2c1cc1c(c2NC(=O)N=S(N)(=O)c2cnn3c2OCC(CNC(=O)C(F)(F)F)C3)CCC1. The van der Waals surface area contributed by atoms with Crippen molar-refractivity contribution in [2.24, 2.45) is 15.4 Å². The maximum Gasteiger partial charge on any atom is 0.471 e. The highest BCUT2D eigenvalue weighted by Gasteiger charge is 2.39. The number of fused-ring (bicyclic) bond motifs is 3. The molecule has 14 heteroatoms. The van der Waals surface area contributed by atoms with Gasteiger partial charge in [0.05, 0.1) is 19.3 Å². The van der Waals surface area contributed by atoms with Crippen LogP contribution >= 0.6 is 0 Å². The van der Waals surface area contributed by atoms with Crippen LogP contribution < -0.4 is 20.5 Å². The average molecular weight is 541 g/mol. The van der Waals surface area contributed by atoms with Crippen LogP contribution in [0.25, 0.3) is 0 Å². The van der Waals surface area contributed by atoms with Crippen LogP contribution in [0.1, 0.15) is 47.9 Å². The molecule has 3 atom stereocenters. The zero-order chi connectivity index (χ0) is 26.5. The summed E-state index contributed by atoms with van der Waals surface area (Å²) >= 11 is 0. The number of amides is 3. The third-order valence-corrected chi connectivity index (χ3v) is 8.47. The molecule has 4 N–H and O–H groups in total. The van der Waals surface area contributed by atoms with Crippen LogP contribution in [-0.2, 0) is 40.5 Å². The summed E-state index contributed by atoms with van der Waals surface area (Å²) in [7, 11) is -3.74. The van der Waals surface area contributed by atoms with Crippen molar-refractivity contribution < 1.29 is 31.7 Å². The molecular formula is C23H27F3N6O4S. The van der Waals surface area contributed by atoms with E-state index in [-0.39, 0.29) is 30.5 Å². The van der Waals surface area contributed by atoms with Gasteiger partial charge in [0.15, 0.2) is 9.92 Å². The summed E-state index contributed by atoms with van der Waals surface area (Å²) in [6.07, 6.45) is 0.819. The Bertz CT molecular complexity index is 1400. The minimum Gasteiger partial charge on any atom is -0.476 e. The lowest BCUT2D eigenvalue weighted by Gasteiger charge is -2.25. The summed E-state index contributed by atoms with van der Waals surface area (Å²) < 4.78 is 61.1. The standard InChI is InChI=1S/C23H27F3N6O4S/c1-12-5-6-16-17(12)7-14-3-2-4-15(14)19(16)30-22(34)31-37(27,35)18-9-29-32-10-13(11-36-20(18)32)8-28-21(33)23(24,25)26/h7,9,12-13H,2-6,8,10-11H2,1H3,(H,28,33)(H3,27,30,31,34,35). The smallest absolute Gasteiger partial charge is 0.471 e. The summed E-state index contributed by atoms with van der Waals surface area (Å²) in [5, 5.41) is 14.7. The molecule has 10 nitrogen and oxygen atoms in total. The van der Waals surface area contributed by atoms with Crippen molar-refractivity contribution in [3.05, 3.63) is 34.5 Å². The Morgan fingerprint density at radius 1 is 1.30 bits per heavy atom. The van der Waals surface area contributed by atoms with E-state index in [2.05, 4.69) is 27.8 Å². The normalized spacial score (nSPS) is 21.8. The Hall–Kier alpha value is -3.13. The number of ether oxygens (including phenoxy) is 1. The predicted molar refractivity (Wildman–Crippen MR) is 128 cm³/mol. The lowest BCUT2D eigenvalue weighted by Crippen LogP contribution is -2.42. The zero-order valence-electron chi connectivity index (χ0n) is 20.1. The summed E-state index contributed by atoms with van der Waals surface area (Å²) in [6.45, 7) is 1.89. The van der Waals surface area contributed by atoms with Gasteiger partial charge in [0.25, 0.3) is 0 Å². The molecule has 1 aromatic carbocycles. The predicted octanol–water partition coefficient (Wildman–Crippen LogP) is 3.04. The Labute approximate surface area is 211 Å². The van der Waals surface area contributed by atoms with E-state index in [0.29, 0.717) is 5.92 Å². The summed E-state index contributed by atoms with van der Waals surface area (Å²) in [6, 6.07) is 1.41. The number of hydrogen-bond donors (Lipinski definition) is 3. The first-order valence-electron chi connectivity index (χ1n) is 12.0. The van der Waals surface area contributed by atoms with Crippen LogP contribution in [0.5, 0.6) is 5.88 Å². The molecule has 37 heavy (non-hydrogen) atoms. The van der Waals surface area contributed by atoms with Crippen LogP contribution in [0.2, 0.25) is 0 Å². The molecule has 2 aliphatic carbocycles. The quantitative estimate of drug-likeness (QED) is 0.547. The van der Waals surface area contributed by atoms with Crippen molar-refractivity contribution in [3.8, 4) is 5.88 Å². The van der Waals surface area contributed by atoms with Gasteiger partial charge < -0.3 is 15.4 Å². The van der Waals surface area contributed by atoms with E-state index in [4.69, 9.17) is 9.88 Å². The van der Waals surface area contributed by atoms with E-state index in [1.165, 1.54) is 22.0 Å². The minimum absolute atomic E-state index is 0.0257. The topological polar surface area (TPSA) is 141 Å². The summed E-state index contributed by atoms with van der Waals surface area (Å²) in [5.41, 5.74) is 5.38. The second-order valence-corrected chi connectivity index (χ2v) is 11.5. The van der Waals surface area contributed by atoms with Gasteiger partial charge in [-0.25, -0.2) is 18.8 Å². The number of carbonyl (C=O) groups excluding carboxylic acids is 2. The number of alkyl halides is 3. The molecule has 1 aromatic heterocycles. The minimum atomic E-state index is -4.98.